The summed E-state index contributed by atoms with van der Waals surface area (Å²) in [6.45, 7) is 1.88. The lowest BCUT2D eigenvalue weighted by Gasteiger charge is -2.06. The summed E-state index contributed by atoms with van der Waals surface area (Å²) in [5, 5.41) is 14.6. The Bertz CT molecular complexity index is 879. The number of nitrogens with one attached hydrogen (secondary N) is 2. The van der Waals surface area contributed by atoms with Crippen molar-refractivity contribution in [3.05, 3.63) is 59.4 Å². The van der Waals surface area contributed by atoms with Crippen molar-refractivity contribution in [2.45, 2.75) is 6.92 Å². The lowest BCUT2D eigenvalue weighted by molar-refractivity contribution is -0.113. The quantitative estimate of drug-likeness (QED) is 0.657. The maximum Gasteiger partial charge on any atom is 0.267 e. The molecular weight excluding hydrogens is 292 g/mol. The predicted molar refractivity (Wildman–Crippen MR) is 85.2 cm³/mol. The van der Waals surface area contributed by atoms with Crippen molar-refractivity contribution in [1.29, 1.82) is 5.26 Å². The molecule has 0 bridgehead atoms. The molecule has 1 aliphatic rings. The fourth-order valence-corrected chi connectivity index (χ4v) is 2.38. The predicted octanol–water partition coefficient (Wildman–Crippen LogP) is 2.26. The molecule has 0 atom stereocenters. The lowest BCUT2D eigenvalue weighted by Crippen LogP contribution is -2.17. The third-order valence-corrected chi connectivity index (χ3v) is 3.43. The monoisotopic (exact) mass is 304 g/mol. The lowest BCUT2D eigenvalue weighted by atomic mass is 9.99. The molecule has 3 rings (SSSR count). The highest BCUT2D eigenvalue weighted by Gasteiger charge is 2.30. The van der Waals surface area contributed by atoms with Gasteiger partial charge in [0.1, 0.15) is 11.6 Å². The summed E-state index contributed by atoms with van der Waals surface area (Å²) in [5.74, 6) is -1.09. The second kappa shape index (κ2) is 5.73. The molecule has 0 fully saturated rings. The number of amides is 2. The molecule has 1 aliphatic heterocycles. The molecule has 2 amide bonds. The van der Waals surface area contributed by atoms with Gasteiger partial charge in [0.25, 0.3) is 11.8 Å². The number of pyridine rings is 1. The molecule has 0 saturated carbocycles. The highest BCUT2D eigenvalue weighted by atomic mass is 16.2. The zero-order valence-corrected chi connectivity index (χ0v) is 12.3. The summed E-state index contributed by atoms with van der Waals surface area (Å²) in [4.78, 5) is 28.4. The van der Waals surface area contributed by atoms with Crippen LogP contribution < -0.4 is 10.6 Å². The van der Waals surface area contributed by atoms with Crippen molar-refractivity contribution in [3.8, 4) is 6.07 Å². The van der Waals surface area contributed by atoms with E-state index in [2.05, 4.69) is 15.6 Å². The van der Waals surface area contributed by atoms with E-state index in [0.29, 0.717) is 16.9 Å². The first kappa shape index (κ1) is 14.5. The summed E-state index contributed by atoms with van der Waals surface area (Å²) in [5.41, 5.74) is 2.41. The number of hydrogen-bond donors (Lipinski definition) is 2. The van der Waals surface area contributed by atoms with Gasteiger partial charge in [0.15, 0.2) is 0 Å². The van der Waals surface area contributed by atoms with Crippen LogP contribution in [0, 0.1) is 18.3 Å². The van der Waals surface area contributed by atoms with Gasteiger partial charge in [-0.25, -0.2) is 0 Å². The number of carbonyl (C=O) groups excluding carboxylic acids is 2. The summed E-state index contributed by atoms with van der Waals surface area (Å²) < 4.78 is 0. The standard InChI is InChI=1S/C17H12N4O2/c1-10-4-5-14-12(7-10)15(17(23)21-14)13(8-18)16(22)20-11-3-2-6-19-9-11/h2-7,9H,1H3,(H,20,22)(H,21,23)/b15-13-. The first-order valence-corrected chi connectivity index (χ1v) is 6.88. The summed E-state index contributed by atoms with van der Waals surface area (Å²) in [6, 6.07) is 10.5. The van der Waals surface area contributed by atoms with Crippen LogP contribution >= 0.6 is 0 Å². The first-order chi connectivity index (χ1) is 11.1. The molecular formula is C17H12N4O2. The van der Waals surface area contributed by atoms with Crippen molar-refractivity contribution in [3.63, 3.8) is 0 Å². The molecule has 112 valence electrons. The van der Waals surface area contributed by atoms with E-state index in [9.17, 15) is 14.9 Å². The Hall–Kier alpha value is -3.46. The fraction of sp³-hybridized carbons (Fsp3) is 0.0588. The molecule has 0 aliphatic carbocycles. The minimum Gasteiger partial charge on any atom is -0.321 e. The van der Waals surface area contributed by atoms with Gasteiger partial charge in [-0.3, -0.25) is 14.6 Å². The van der Waals surface area contributed by atoms with Gasteiger partial charge in [-0.1, -0.05) is 11.6 Å². The van der Waals surface area contributed by atoms with Crippen LogP contribution in [0.1, 0.15) is 11.1 Å². The highest BCUT2D eigenvalue weighted by Crippen LogP contribution is 2.34. The van der Waals surface area contributed by atoms with Crippen molar-refractivity contribution in [2.75, 3.05) is 10.6 Å². The number of nitriles is 1. The number of nitrogens with zero attached hydrogens (tertiary/aromatic N) is 2. The van der Waals surface area contributed by atoms with E-state index in [0.717, 1.165) is 5.56 Å². The number of carbonyl (C=O) groups is 2. The van der Waals surface area contributed by atoms with Crippen molar-refractivity contribution < 1.29 is 9.59 Å². The number of anilines is 2. The Labute approximate surface area is 132 Å². The maximum atomic E-state index is 12.4. The molecule has 23 heavy (non-hydrogen) atoms. The average molecular weight is 304 g/mol. The first-order valence-electron chi connectivity index (χ1n) is 6.88. The van der Waals surface area contributed by atoms with E-state index in [1.165, 1.54) is 6.20 Å². The van der Waals surface area contributed by atoms with Crippen molar-refractivity contribution in [1.82, 2.24) is 4.98 Å². The Morgan fingerprint density at radius 2 is 2.17 bits per heavy atom. The SMILES string of the molecule is Cc1ccc2c(c1)/C(=C(\C#N)C(=O)Nc1cccnc1)C(=O)N2. The van der Waals surface area contributed by atoms with Crippen LogP contribution in [0.2, 0.25) is 0 Å². The number of rotatable bonds is 2. The number of hydrogen-bond acceptors (Lipinski definition) is 4. The van der Waals surface area contributed by atoms with Crippen LogP contribution in [0.5, 0.6) is 0 Å². The zero-order valence-electron chi connectivity index (χ0n) is 12.3. The van der Waals surface area contributed by atoms with E-state index in [4.69, 9.17) is 0 Å². The Morgan fingerprint density at radius 1 is 1.35 bits per heavy atom. The topological polar surface area (TPSA) is 94.9 Å². The van der Waals surface area contributed by atoms with Gasteiger partial charge >= 0.3 is 0 Å². The van der Waals surface area contributed by atoms with Crippen LogP contribution in [-0.4, -0.2) is 16.8 Å². The van der Waals surface area contributed by atoms with Crippen molar-refractivity contribution >= 4 is 28.8 Å². The van der Waals surface area contributed by atoms with Gasteiger partial charge in [0.2, 0.25) is 0 Å². The van der Waals surface area contributed by atoms with Gasteiger partial charge in [0.05, 0.1) is 17.5 Å². The largest absolute Gasteiger partial charge is 0.321 e. The van der Waals surface area contributed by atoms with E-state index in [1.54, 1.807) is 30.5 Å². The molecule has 1 aromatic heterocycles. The van der Waals surface area contributed by atoms with Crippen molar-refractivity contribution in [2.24, 2.45) is 0 Å². The maximum absolute atomic E-state index is 12.4. The Morgan fingerprint density at radius 3 is 2.87 bits per heavy atom. The molecule has 2 N–H and O–H groups in total. The van der Waals surface area contributed by atoms with E-state index in [-0.39, 0.29) is 11.1 Å². The summed E-state index contributed by atoms with van der Waals surface area (Å²) >= 11 is 0. The van der Waals surface area contributed by atoms with Gasteiger partial charge in [-0.2, -0.15) is 5.26 Å². The second-order valence-corrected chi connectivity index (χ2v) is 5.06. The minimum atomic E-state index is -0.639. The third kappa shape index (κ3) is 2.68. The van der Waals surface area contributed by atoms with E-state index >= 15 is 0 Å². The van der Waals surface area contributed by atoms with Crippen LogP contribution in [0.15, 0.2) is 48.3 Å². The molecule has 0 unspecified atom stereocenters. The molecule has 2 heterocycles. The van der Waals surface area contributed by atoms with Crippen LogP contribution in [0.4, 0.5) is 11.4 Å². The molecule has 0 radical (unpaired) electrons. The van der Waals surface area contributed by atoms with Gasteiger partial charge in [-0.15, -0.1) is 0 Å². The van der Waals surface area contributed by atoms with Crippen LogP contribution in [0.3, 0.4) is 0 Å². The van der Waals surface area contributed by atoms with E-state index in [1.807, 2.05) is 19.1 Å². The van der Waals surface area contributed by atoms with E-state index < -0.39 is 11.8 Å². The molecule has 1 aromatic carbocycles. The molecule has 6 nitrogen and oxygen atoms in total. The molecule has 0 saturated heterocycles. The normalized spacial score (nSPS) is 14.5. The van der Waals surface area contributed by atoms with Gasteiger partial charge in [0, 0.05) is 17.4 Å². The number of aromatic nitrogens is 1. The van der Waals surface area contributed by atoms with Gasteiger partial charge < -0.3 is 10.6 Å². The third-order valence-electron chi connectivity index (χ3n) is 3.43. The average Bonchev–Trinajstić information content (AvgIpc) is 2.85. The van der Waals surface area contributed by atoms with Gasteiger partial charge in [-0.05, 0) is 31.2 Å². The number of benzene rings is 1. The van der Waals surface area contributed by atoms with Crippen LogP contribution in [-0.2, 0) is 9.59 Å². The van der Waals surface area contributed by atoms with Crippen LogP contribution in [0.25, 0.3) is 5.57 Å². The zero-order chi connectivity index (χ0) is 16.4. The summed E-state index contributed by atoms with van der Waals surface area (Å²) in [6.07, 6.45) is 3.03. The minimum absolute atomic E-state index is 0.0904. The molecule has 0 spiro atoms. The smallest absolute Gasteiger partial charge is 0.267 e. The fourth-order valence-electron chi connectivity index (χ4n) is 2.38. The second-order valence-electron chi connectivity index (χ2n) is 5.06. The molecule has 2 aromatic rings. The number of aryl methyl sites for hydroxylation is 1. The highest BCUT2D eigenvalue weighted by molar-refractivity contribution is 6.37. The summed E-state index contributed by atoms with van der Waals surface area (Å²) in [7, 11) is 0. The Kier molecular flexibility index (Phi) is 3.61. The molecule has 6 heteroatoms. The Balaban J connectivity index is 2.05. The number of fused-ring (bicyclic) bond motifs is 1.